The SMILES string of the molecule is CC(C)n1ncc2c(C(=O)Nc3ccn(Cc4ccncc4)n3)cc(-c3ccco3)nc21. The fraction of sp³-hybridized carbons (Fsp3) is 0.174. The Labute approximate surface area is 183 Å². The van der Waals surface area contributed by atoms with Crippen LogP contribution in [-0.2, 0) is 6.54 Å². The molecule has 1 amide bonds. The molecule has 9 heteroatoms. The maximum atomic E-state index is 13.2. The first kappa shape index (κ1) is 19.7. The van der Waals surface area contributed by atoms with Gasteiger partial charge < -0.3 is 9.73 Å². The fourth-order valence-electron chi connectivity index (χ4n) is 3.51. The molecule has 160 valence electrons. The van der Waals surface area contributed by atoms with Gasteiger partial charge in [-0.2, -0.15) is 10.2 Å². The van der Waals surface area contributed by atoms with Crippen LogP contribution < -0.4 is 5.32 Å². The summed E-state index contributed by atoms with van der Waals surface area (Å²) in [7, 11) is 0. The van der Waals surface area contributed by atoms with Gasteiger partial charge in [-0.1, -0.05) is 0 Å². The minimum Gasteiger partial charge on any atom is -0.463 e. The predicted molar refractivity (Wildman–Crippen MR) is 119 cm³/mol. The Kier molecular flexibility index (Phi) is 4.98. The van der Waals surface area contributed by atoms with E-state index in [-0.39, 0.29) is 11.9 Å². The molecule has 0 unspecified atom stereocenters. The molecule has 1 N–H and O–H groups in total. The highest BCUT2D eigenvalue weighted by atomic mass is 16.3. The second kappa shape index (κ2) is 8.10. The van der Waals surface area contributed by atoms with Crippen molar-refractivity contribution in [2.75, 3.05) is 5.32 Å². The fourth-order valence-corrected chi connectivity index (χ4v) is 3.51. The monoisotopic (exact) mass is 427 g/mol. The summed E-state index contributed by atoms with van der Waals surface area (Å²) in [6.07, 6.45) is 8.55. The van der Waals surface area contributed by atoms with Crippen molar-refractivity contribution in [2.24, 2.45) is 0 Å². The molecule has 0 bridgehead atoms. The molecule has 0 radical (unpaired) electrons. The van der Waals surface area contributed by atoms with Crippen LogP contribution in [0.2, 0.25) is 0 Å². The van der Waals surface area contributed by atoms with E-state index >= 15 is 0 Å². The normalized spacial score (nSPS) is 11.3. The standard InChI is InChI=1S/C23H21N7O2/c1-15(2)30-22-18(13-25-30)17(12-19(26-22)20-4-3-11-32-20)23(31)27-21-7-10-29(28-21)14-16-5-8-24-9-6-16/h3-13,15H,14H2,1-2H3,(H,27,28,31). The molecular formula is C23H21N7O2. The first-order valence-electron chi connectivity index (χ1n) is 10.2. The number of nitrogens with one attached hydrogen (secondary N) is 1. The zero-order valence-electron chi connectivity index (χ0n) is 17.6. The zero-order valence-corrected chi connectivity index (χ0v) is 17.6. The van der Waals surface area contributed by atoms with Gasteiger partial charge in [0.25, 0.3) is 5.91 Å². The van der Waals surface area contributed by atoms with Crippen molar-refractivity contribution in [1.29, 1.82) is 0 Å². The number of hydrogen-bond acceptors (Lipinski definition) is 6. The smallest absolute Gasteiger partial charge is 0.257 e. The van der Waals surface area contributed by atoms with Crippen LogP contribution in [0.3, 0.4) is 0 Å². The van der Waals surface area contributed by atoms with Crippen molar-refractivity contribution < 1.29 is 9.21 Å². The number of nitrogens with zero attached hydrogens (tertiary/aromatic N) is 6. The lowest BCUT2D eigenvalue weighted by Gasteiger charge is -2.09. The molecule has 5 heterocycles. The van der Waals surface area contributed by atoms with Crippen LogP contribution in [0.15, 0.2) is 71.9 Å². The van der Waals surface area contributed by atoms with Crippen molar-refractivity contribution in [1.82, 2.24) is 29.5 Å². The van der Waals surface area contributed by atoms with E-state index in [2.05, 4.69) is 20.5 Å². The van der Waals surface area contributed by atoms with Crippen LogP contribution in [0, 0.1) is 0 Å². The molecule has 5 rings (SSSR count). The maximum Gasteiger partial charge on any atom is 0.257 e. The number of amides is 1. The van der Waals surface area contributed by atoms with E-state index in [0.717, 1.165) is 5.56 Å². The van der Waals surface area contributed by atoms with Gasteiger partial charge in [0.05, 0.1) is 30.0 Å². The van der Waals surface area contributed by atoms with Gasteiger partial charge in [-0.05, 0) is 49.7 Å². The Bertz CT molecular complexity index is 1370. The molecule has 0 aliphatic heterocycles. The highest BCUT2D eigenvalue weighted by Gasteiger charge is 2.20. The van der Waals surface area contributed by atoms with Gasteiger partial charge in [0.2, 0.25) is 0 Å². The number of carbonyl (C=O) groups is 1. The lowest BCUT2D eigenvalue weighted by atomic mass is 10.1. The Hall–Kier alpha value is -4.27. The second-order valence-corrected chi connectivity index (χ2v) is 7.66. The largest absolute Gasteiger partial charge is 0.463 e. The third kappa shape index (κ3) is 3.76. The first-order valence-corrected chi connectivity index (χ1v) is 10.2. The molecule has 0 saturated heterocycles. The Balaban J connectivity index is 1.47. The summed E-state index contributed by atoms with van der Waals surface area (Å²) in [6, 6.07) is 11.0. The number of fused-ring (bicyclic) bond motifs is 1. The molecule has 0 aromatic carbocycles. The Morgan fingerprint density at radius 2 is 2.03 bits per heavy atom. The van der Waals surface area contributed by atoms with Gasteiger partial charge in [-0.15, -0.1) is 0 Å². The summed E-state index contributed by atoms with van der Waals surface area (Å²) >= 11 is 0. The van der Waals surface area contributed by atoms with Crippen molar-refractivity contribution in [3.63, 3.8) is 0 Å². The molecule has 0 saturated carbocycles. The van der Waals surface area contributed by atoms with Crippen LogP contribution in [0.25, 0.3) is 22.5 Å². The predicted octanol–water partition coefficient (Wildman–Crippen LogP) is 4.16. The van der Waals surface area contributed by atoms with Crippen molar-refractivity contribution in [3.05, 3.63) is 78.6 Å². The van der Waals surface area contributed by atoms with E-state index in [4.69, 9.17) is 9.40 Å². The Morgan fingerprint density at radius 3 is 2.78 bits per heavy atom. The molecule has 5 aromatic rings. The molecule has 0 aliphatic rings. The average molecular weight is 427 g/mol. The summed E-state index contributed by atoms with van der Waals surface area (Å²) in [5, 5.41) is 12.5. The minimum atomic E-state index is -0.289. The van der Waals surface area contributed by atoms with Crippen LogP contribution in [0.5, 0.6) is 0 Å². The highest BCUT2D eigenvalue weighted by molar-refractivity contribution is 6.12. The highest BCUT2D eigenvalue weighted by Crippen LogP contribution is 2.27. The van der Waals surface area contributed by atoms with Crippen LogP contribution >= 0.6 is 0 Å². The summed E-state index contributed by atoms with van der Waals surface area (Å²) in [5.74, 6) is 0.756. The summed E-state index contributed by atoms with van der Waals surface area (Å²) in [5.41, 5.74) is 2.72. The molecule has 0 fully saturated rings. The number of anilines is 1. The molecule has 32 heavy (non-hydrogen) atoms. The Morgan fingerprint density at radius 1 is 1.19 bits per heavy atom. The number of pyridine rings is 2. The second-order valence-electron chi connectivity index (χ2n) is 7.66. The van der Waals surface area contributed by atoms with Crippen LogP contribution in [0.1, 0.15) is 35.8 Å². The topological polar surface area (TPSA) is 104 Å². The molecule has 0 aliphatic carbocycles. The number of aromatic nitrogens is 6. The molecular weight excluding hydrogens is 406 g/mol. The quantitative estimate of drug-likeness (QED) is 0.436. The van der Waals surface area contributed by atoms with Gasteiger partial charge in [0.1, 0.15) is 5.69 Å². The van der Waals surface area contributed by atoms with Crippen LogP contribution in [-0.4, -0.2) is 35.4 Å². The lowest BCUT2D eigenvalue weighted by molar-refractivity contribution is 0.102. The third-order valence-electron chi connectivity index (χ3n) is 5.05. The van der Waals surface area contributed by atoms with Crippen molar-refractivity contribution >= 4 is 22.8 Å². The summed E-state index contributed by atoms with van der Waals surface area (Å²) in [4.78, 5) is 22.0. The van der Waals surface area contributed by atoms with Gasteiger partial charge in [0.15, 0.2) is 17.2 Å². The first-order chi connectivity index (χ1) is 15.6. The van der Waals surface area contributed by atoms with E-state index in [9.17, 15) is 4.79 Å². The molecule has 5 aromatic heterocycles. The third-order valence-corrected chi connectivity index (χ3v) is 5.05. The number of furan rings is 1. The van der Waals surface area contributed by atoms with Crippen LogP contribution in [0.4, 0.5) is 5.82 Å². The van der Waals surface area contributed by atoms with Crippen molar-refractivity contribution in [3.8, 4) is 11.5 Å². The molecule has 9 nitrogen and oxygen atoms in total. The molecule has 0 atom stereocenters. The van der Waals surface area contributed by atoms with E-state index in [1.54, 1.807) is 52.4 Å². The van der Waals surface area contributed by atoms with Gasteiger partial charge in [-0.25, -0.2) is 9.67 Å². The lowest BCUT2D eigenvalue weighted by Crippen LogP contribution is -2.14. The average Bonchev–Trinajstić information content (AvgIpc) is 3.54. The van der Waals surface area contributed by atoms with E-state index in [0.29, 0.717) is 40.4 Å². The van der Waals surface area contributed by atoms with Crippen molar-refractivity contribution in [2.45, 2.75) is 26.4 Å². The van der Waals surface area contributed by atoms with E-state index in [1.165, 1.54) is 0 Å². The van der Waals surface area contributed by atoms with E-state index in [1.807, 2.05) is 38.2 Å². The van der Waals surface area contributed by atoms with E-state index < -0.39 is 0 Å². The van der Waals surface area contributed by atoms with Gasteiger partial charge in [0, 0.05) is 30.7 Å². The summed E-state index contributed by atoms with van der Waals surface area (Å²) in [6.45, 7) is 4.62. The summed E-state index contributed by atoms with van der Waals surface area (Å²) < 4.78 is 9.07. The zero-order chi connectivity index (χ0) is 22.1. The minimum absolute atomic E-state index is 0.0895. The number of rotatable bonds is 6. The maximum absolute atomic E-state index is 13.2. The van der Waals surface area contributed by atoms with Gasteiger partial charge in [-0.3, -0.25) is 14.5 Å². The number of hydrogen-bond donors (Lipinski definition) is 1. The van der Waals surface area contributed by atoms with Gasteiger partial charge >= 0.3 is 0 Å². The molecule has 0 spiro atoms. The number of carbonyl (C=O) groups excluding carboxylic acids is 1.